The van der Waals surface area contributed by atoms with Gasteiger partial charge in [0.15, 0.2) is 0 Å². The monoisotopic (exact) mass is 896 g/mol. The summed E-state index contributed by atoms with van der Waals surface area (Å²) in [5, 5.41) is 9.82. The number of hydrogen-bond acceptors (Lipinski definition) is 6. The van der Waals surface area contributed by atoms with Gasteiger partial charge in [-0.05, 0) is 126 Å². The standard InChI is InChI=1S/C60H36N2OS3/c1-3-13-39(14-4-1)61(41-25-29-57-49(33-41)45-18-8-11-21-55(45)64-57)43-35-51-48-32-38(37-23-27-54-47(31-37)44-17-7-10-20-53(44)63-54)24-28-59(48)66-60(51)52(36-43)62(40-15-5-2-6-16-40)42-26-30-58-50(34-42)46-19-9-12-22-56(46)65-58/h1-36H. The van der Waals surface area contributed by atoms with E-state index in [0.29, 0.717) is 0 Å². The summed E-state index contributed by atoms with van der Waals surface area (Å²) < 4.78 is 13.9. The molecule has 14 rings (SSSR count). The van der Waals surface area contributed by atoms with E-state index >= 15 is 0 Å². The summed E-state index contributed by atoms with van der Waals surface area (Å²) >= 11 is 5.58. The van der Waals surface area contributed by atoms with Crippen LogP contribution in [0.4, 0.5) is 34.1 Å². The van der Waals surface area contributed by atoms with Gasteiger partial charge in [0.05, 0.1) is 10.4 Å². The number of hydrogen-bond donors (Lipinski definition) is 0. The van der Waals surface area contributed by atoms with Crippen molar-refractivity contribution < 1.29 is 4.42 Å². The van der Waals surface area contributed by atoms with Gasteiger partial charge in [-0.2, -0.15) is 0 Å². The first-order chi connectivity index (χ1) is 32.7. The van der Waals surface area contributed by atoms with E-state index in [2.05, 4.69) is 216 Å². The predicted octanol–water partition coefficient (Wildman–Crippen LogP) is 19.3. The van der Waals surface area contributed by atoms with Gasteiger partial charge in [0.25, 0.3) is 0 Å². The predicted molar refractivity (Wildman–Crippen MR) is 287 cm³/mol. The van der Waals surface area contributed by atoms with Gasteiger partial charge in [-0.1, -0.05) is 103 Å². The van der Waals surface area contributed by atoms with Crippen molar-refractivity contribution in [3.05, 3.63) is 218 Å². The largest absolute Gasteiger partial charge is 0.456 e. The quantitative estimate of drug-likeness (QED) is 0.159. The zero-order valence-corrected chi connectivity index (χ0v) is 37.8. The highest BCUT2D eigenvalue weighted by Crippen LogP contribution is 2.51. The summed E-state index contributed by atoms with van der Waals surface area (Å²) in [5.41, 5.74) is 10.8. The van der Waals surface area contributed by atoms with Crippen LogP contribution in [0, 0.1) is 0 Å². The fourth-order valence-electron chi connectivity index (χ4n) is 9.96. The average molecular weight is 897 g/mol. The average Bonchev–Trinajstić information content (AvgIpc) is 4.15. The summed E-state index contributed by atoms with van der Waals surface area (Å²) in [6.07, 6.45) is 0. The summed E-state index contributed by atoms with van der Waals surface area (Å²) in [7, 11) is 0. The van der Waals surface area contributed by atoms with Gasteiger partial charge in [0, 0.05) is 95.0 Å². The van der Waals surface area contributed by atoms with Crippen LogP contribution in [-0.4, -0.2) is 0 Å². The molecule has 0 fully saturated rings. The van der Waals surface area contributed by atoms with Crippen LogP contribution in [0.1, 0.15) is 0 Å². The number of thiophene rings is 3. The number of para-hydroxylation sites is 3. The smallest absolute Gasteiger partial charge is 0.135 e. The molecule has 0 saturated heterocycles. The molecule has 0 radical (unpaired) electrons. The Labute approximate surface area is 391 Å². The molecular weight excluding hydrogens is 861 g/mol. The maximum atomic E-state index is 6.25. The molecule has 0 spiro atoms. The van der Waals surface area contributed by atoms with Gasteiger partial charge < -0.3 is 14.2 Å². The Hall–Kier alpha value is -7.74. The highest BCUT2D eigenvalue weighted by molar-refractivity contribution is 7.27. The van der Waals surface area contributed by atoms with Crippen molar-refractivity contribution in [3.8, 4) is 11.1 Å². The van der Waals surface area contributed by atoms with Crippen LogP contribution in [0.5, 0.6) is 0 Å². The van der Waals surface area contributed by atoms with Crippen molar-refractivity contribution >= 4 is 151 Å². The van der Waals surface area contributed by atoms with Crippen LogP contribution in [0.15, 0.2) is 223 Å². The Morgan fingerprint density at radius 3 is 1.42 bits per heavy atom. The zero-order chi connectivity index (χ0) is 43.3. The molecule has 3 nitrogen and oxygen atoms in total. The van der Waals surface area contributed by atoms with Crippen LogP contribution in [0.3, 0.4) is 0 Å². The van der Waals surface area contributed by atoms with Crippen molar-refractivity contribution in [1.82, 2.24) is 0 Å². The van der Waals surface area contributed by atoms with Crippen LogP contribution in [-0.2, 0) is 0 Å². The number of benzene rings is 10. The van der Waals surface area contributed by atoms with Gasteiger partial charge in [0.2, 0.25) is 0 Å². The molecule has 4 heterocycles. The lowest BCUT2D eigenvalue weighted by molar-refractivity contribution is 0.669. The fraction of sp³-hybridized carbons (Fsp3) is 0. The molecular formula is C60H36N2OS3. The Morgan fingerprint density at radius 1 is 0.273 bits per heavy atom. The van der Waals surface area contributed by atoms with Gasteiger partial charge in [-0.3, -0.25) is 0 Å². The lowest BCUT2D eigenvalue weighted by Crippen LogP contribution is -2.13. The first-order valence-electron chi connectivity index (χ1n) is 22.1. The van der Waals surface area contributed by atoms with Gasteiger partial charge >= 0.3 is 0 Å². The zero-order valence-electron chi connectivity index (χ0n) is 35.3. The Morgan fingerprint density at radius 2 is 0.742 bits per heavy atom. The molecule has 4 aromatic heterocycles. The molecule has 310 valence electrons. The van der Waals surface area contributed by atoms with Crippen LogP contribution >= 0.6 is 34.0 Å². The molecule has 10 aromatic carbocycles. The van der Waals surface area contributed by atoms with Crippen molar-refractivity contribution in [2.24, 2.45) is 0 Å². The fourth-order valence-corrected chi connectivity index (χ4v) is 13.3. The topological polar surface area (TPSA) is 19.6 Å². The highest BCUT2D eigenvalue weighted by Gasteiger charge is 2.24. The Balaban J connectivity index is 1.05. The summed E-state index contributed by atoms with van der Waals surface area (Å²) in [5.74, 6) is 0. The van der Waals surface area contributed by atoms with Crippen molar-refractivity contribution in [2.75, 3.05) is 9.80 Å². The van der Waals surface area contributed by atoms with Crippen LogP contribution in [0.25, 0.3) is 93.6 Å². The van der Waals surface area contributed by atoms with E-state index in [0.717, 1.165) is 61.6 Å². The Bertz CT molecular complexity index is 4200. The second-order valence-electron chi connectivity index (χ2n) is 16.9. The third kappa shape index (κ3) is 6.00. The summed E-state index contributed by atoms with van der Waals surface area (Å²) in [4.78, 5) is 4.92. The molecule has 0 aliphatic rings. The molecule has 14 aromatic rings. The summed E-state index contributed by atoms with van der Waals surface area (Å²) in [6, 6.07) is 80.0. The van der Waals surface area contributed by atoms with Crippen LogP contribution < -0.4 is 9.80 Å². The number of rotatable bonds is 7. The number of anilines is 6. The first-order valence-corrected chi connectivity index (χ1v) is 24.6. The lowest BCUT2D eigenvalue weighted by atomic mass is 10.00. The van der Waals surface area contributed by atoms with Crippen molar-refractivity contribution in [2.45, 2.75) is 0 Å². The third-order valence-electron chi connectivity index (χ3n) is 13.0. The van der Waals surface area contributed by atoms with Gasteiger partial charge in [-0.25, -0.2) is 0 Å². The van der Waals surface area contributed by atoms with E-state index in [9.17, 15) is 0 Å². The van der Waals surface area contributed by atoms with Crippen LogP contribution in [0.2, 0.25) is 0 Å². The Kier molecular flexibility index (Phi) is 8.50. The minimum Gasteiger partial charge on any atom is -0.456 e. The molecule has 0 atom stereocenters. The SMILES string of the molecule is c1ccc(N(c2ccc3sc4ccccc4c3c2)c2cc(N(c3ccccc3)c3ccc4sc5ccccc5c4c3)c3sc4ccc(-c5ccc6oc7ccccc7c6c5)cc4c3c2)cc1. The maximum absolute atomic E-state index is 6.25. The van der Waals surface area contributed by atoms with Gasteiger partial charge in [0.1, 0.15) is 11.2 Å². The minimum atomic E-state index is 0.903. The molecule has 0 bridgehead atoms. The molecule has 6 heteroatoms. The van der Waals surface area contributed by atoms with E-state index in [1.165, 1.54) is 66.1 Å². The third-order valence-corrected chi connectivity index (χ3v) is 16.5. The molecule has 0 amide bonds. The summed E-state index contributed by atoms with van der Waals surface area (Å²) in [6.45, 7) is 0. The van der Waals surface area contributed by atoms with E-state index < -0.39 is 0 Å². The second-order valence-corrected chi connectivity index (χ2v) is 20.1. The lowest BCUT2D eigenvalue weighted by Gasteiger charge is -2.30. The van der Waals surface area contributed by atoms with Gasteiger partial charge in [-0.15, -0.1) is 34.0 Å². The number of nitrogens with zero attached hydrogens (tertiary/aromatic N) is 2. The molecule has 0 aliphatic carbocycles. The number of fused-ring (bicyclic) bond motifs is 12. The molecule has 66 heavy (non-hydrogen) atoms. The number of furan rings is 1. The molecule has 0 N–H and O–H groups in total. The molecule has 0 saturated carbocycles. The molecule has 0 aliphatic heterocycles. The highest BCUT2D eigenvalue weighted by atomic mass is 32.1. The second kappa shape index (κ2) is 14.9. The minimum absolute atomic E-state index is 0.903. The molecule has 0 unspecified atom stereocenters. The van der Waals surface area contributed by atoms with Crippen molar-refractivity contribution in [3.63, 3.8) is 0 Å². The van der Waals surface area contributed by atoms with E-state index in [1.807, 2.05) is 46.1 Å². The maximum Gasteiger partial charge on any atom is 0.135 e. The first kappa shape index (κ1) is 37.6. The van der Waals surface area contributed by atoms with E-state index in [1.54, 1.807) is 0 Å². The normalized spacial score (nSPS) is 11.9. The van der Waals surface area contributed by atoms with E-state index in [-0.39, 0.29) is 0 Å². The van der Waals surface area contributed by atoms with Crippen molar-refractivity contribution in [1.29, 1.82) is 0 Å². The van der Waals surface area contributed by atoms with E-state index in [4.69, 9.17) is 4.42 Å².